The molecule has 3 N–H and O–H groups in total. The van der Waals surface area contributed by atoms with Crippen LogP contribution < -0.4 is 5.73 Å². The molecule has 1 aromatic rings. The molecular formula is C12H17NOS. The fraction of sp³-hybridized carbons (Fsp3) is 0.500. The molecule has 0 aromatic heterocycles. The number of anilines is 1. The highest BCUT2D eigenvalue weighted by atomic mass is 32.2. The van der Waals surface area contributed by atoms with Crippen molar-refractivity contribution in [2.45, 2.75) is 41.9 Å². The smallest absolute Gasteiger partial charge is 0.0662 e. The van der Waals surface area contributed by atoms with Crippen molar-refractivity contribution in [3.63, 3.8) is 0 Å². The summed E-state index contributed by atoms with van der Waals surface area (Å²) in [7, 11) is 0. The maximum Gasteiger partial charge on any atom is 0.0662 e. The van der Waals surface area contributed by atoms with Gasteiger partial charge in [0.25, 0.3) is 0 Å². The molecule has 0 heterocycles. The van der Waals surface area contributed by atoms with E-state index in [9.17, 15) is 5.11 Å². The minimum absolute atomic E-state index is 0.164. The van der Waals surface area contributed by atoms with Gasteiger partial charge in [-0.3, -0.25) is 0 Å². The van der Waals surface area contributed by atoms with Gasteiger partial charge in [-0.1, -0.05) is 25.0 Å². The third kappa shape index (κ3) is 2.67. The third-order valence-corrected chi connectivity index (χ3v) is 4.34. The number of thioether (sulfide) groups is 1. The first-order chi connectivity index (χ1) is 7.27. The topological polar surface area (TPSA) is 46.2 Å². The molecule has 0 radical (unpaired) electrons. The SMILES string of the molecule is Nc1ccccc1S[C@@H]1CCCC[C@@H]1O. The zero-order chi connectivity index (χ0) is 10.7. The summed E-state index contributed by atoms with van der Waals surface area (Å²) in [5.41, 5.74) is 6.70. The van der Waals surface area contributed by atoms with Gasteiger partial charge >= 0.3 is 0 Å². The van der Waals surface area contributed by atoms with Crippen LogP contribution in [0.5, 0.6) is 0 Å². The molecule has 1 aliphatic rings. The molecule has 2 atom stereocenters. The quantitative estimate of drug-likeness (QED) is 0.758. The third-order valence-electron chi connectivity index (χ3n) is 2.87. The second-order valence-electron chi connectivity index (χ2n) is 4.05. The minimum atomic E-state index is -0.164. The van der Waals surface area contributed by atoms with E-state index in [4.69, 9.17) is 5.73 Å². The molecule has 2 nitrogen and oxygen atoms in total. The van der Waals surface area contributed by atoms with E-state index in [2.05, 4.69) is 0 Å². The lowest BCUT2D eigenvalue weighted by Crippen LogP contribution is -2.26. The Morgan fingerprint density at radius 3 is 2.67 bits per heavy atom. The van der Waals surface area contributed by atoms with Crippen LogP contribution in [0.1, 0.15) is 25.7 Å². The average Bonchev–Trinajstić information content (AvgIpc) is 2.24. The van der Waals surface area contributed by atoms with Crippen molar-refractivity contribution in [3.8, 4) is 0 Å². The molecule has 1 aliphatic carbocycles. The maximum atomic E-state index is 9.86. The molecule has 15 heavy (non-hydrogen) atoms. The van der Waals surface area contributed by atoms with Gasteiger partial charge in [0.15, 0.2) is 0 Å². The molecule has 0 aliphatic heterocycles. The summed E-state index contributed by atoms with van der Waals surface area (Å²) < 4.78 is 0. The number of nitrogens with two attached hydrogens (primary N) is 1. The Labute approximate surface area is 94.9 Å². The number of hydrogen-bond acceptors (Lipinski definition) is 3. The number of hydrogen-bond donors (Lipinski definition) is 2. The summed E-state index contributed by atoms with van der Waals surface area (Å²) in [4.78, 5) is 1.10. The Bertz CT molecular complexity index is 329. The summed E-state index contributed by atoms with van der Waals surface area (Å²) in [6.07, 6.45) is 4.25. The van der Waals surface area contributed by atoms with E-state index in [0.717, 1.165) is 29.8 Å². The molecule has 1 fully saturated rings. The number of aliphatic hydroxyl groups is 1. The van der Waals surface area contributed by atoms with Crippen LogP contribution in [0.25, 0.3) is 0 Å². The summed E-state index contributed by atoms with van der Waals surface area (Å²) in [6, 6.07) is 7.88. The van der Waals surface area contributed by atoms with Crippen LogP contribution in [0, 0.1) is 0 Å². The first-order valence-electron chi connectivity index (χ1n) is 5.46. The van der Waals surface area contributed by atoms with Crippen LogP contribution in [0.3, 0.4) is 0 Å². The van der Waals surface area contributed by atoms with Crippen molar-refractivity contribution in [3.05, 3.63) is 24.3 Å². The summed E-state index contributed by atoms with van der Waals surface area (Å²) in [5, 5.41) is 10.2. The Morgan fingerprint density at radius 2 is 1.93 bits per heavy atom. The van der Waals surface area contributed by atoms with Crippen LogP contribution >= 0.6 is 11.8 Å². The van der Waals surface area contributed by atoms with Crippen LogP contribution in [0.4, 0.5) is 5.69 Å². The minimum Gasteiger partial charge on any atom is -0.398 e. The van der Waals surface area contributed by atoms with Crippen molar-refractivity contribution >= 4 is 17.4 Å². The molecule has 0 unspecified atom stereocenters. The van der Waals surface area contributed by atoms with E-state index in [1.54, 1.807) is 11.8 Å². The predicted octanol–water partition coefficient (Wildman–Crippen LogP) is 2.66. The van der Waals surface area contributed by atoms with Crippen molar-refractivity contribution in [1.82, 2.24) is 0 Å². The van der Waals surface area contributed by atoms with Crippen LogP contribution in [-0.2, 0) is 0 Å². The van der Waals surface area contributed by atoms with Gasteiger partial charge in [-0.15, -0.1) is 11.8 Å². The second kappa shape index (κ2) is 4.90. The molecule has 2 rings (SSSR count). The van der Waals surface area contributed by atoms with E-state index in [1.807, 2.05) is 24.3 Å². The van der Waals surface area contributed by atoms with Gasteiger partial charge in [0, 0.05) is 15.8 Å². The summed E-state index contributed by atoms with van der Waals surface area (Å²) in [6.45, 7) is 0. The number of benzene rings is 1. The largest absolute Gasteiger partial charge is 0.398 e. The summed E-state index contributed by atoms with van der Waals surface area (Å²) in [5.74, 6) is 0. The number of para-hydroxylation sites is 1. The monoisotopic (exact) mass is 223 g/mol. The fourth-order valence-electron chi connectivity index (χ4n) is 1.97. The normalized spacial score (nSPS) is 26.5. The average molecular weight is 223 g/mol. The lowest BCUT2D eigenvalue weighted by atomic mass is 9.97. The van der Waals surface area contributed by atoms with E-state index in [-0.39, 0.29) is 6.10 Å². The molecule has 0 spiro atoms. The lowest BCUT2D eigenvalue weighted by molar-refractivity contribution is 0.137. The molecule has 1 aromatic carbocycles. The van der Waals surface area contributed by atoms with Crippen LogP contribution in [-0.4, -0.2) is 16.5 Å². The molecule has 0 amide bonds. The standard InChI is InChI=1S/C12H17NOS/c13-9-5-1-3-7-11(9)15-12-8-4-2-6-10(12)14/h1,3,5,7,10,12,14H,2,4,6,8,13H2/t10-,12+/m0/s1. The van der Waals surface area contributed by atoms with Gasteiger partial charge in [0.05, 0.1) is 6.10 Å². The van der Waals surface area contributed by atoms with Gasteiger partial charge < -0.3 is 10.8 Å². The Morgan fingerprint density at radius 1 is 1.20 bits per heavy atom. The fourth-order valence-corrected chi connectivity index (χ4v) is 3.23. The maximum absolute atomic E-state index is 9.86. The van der Waals surface area contributed by atoms with Crippen molar-refractivity contribution in [2.75, 3.05) is 5.73 Å². The van der Waals surface area contributed by atoms with E-state index in [1.165, 1.54) is 6.42 Å². The second-order valence-corrected chi connectivity index (χ2v) is 5.33. The van der Waals surface area contributed by atoms with E-state index < -0.39 is 0 Å². The van der Waals surface area contributed by atoms with E-state index >= 15 is 0 Å². The van der Waals surface area contributed by atoms with Gasteiger partial charge in [-0.05, 0) is 25.0 Å². The van der Waals surface area contributed by atoms with Crippen molar-refractivity contribution in [1.29, 1.82) is 0 Å². The van der Waals surface area contributed by atoms with Gasteiger partial charge in [0.2, 0.25) is 0 Å². The molecule has 0 saturated heterocycles. The van der Waals surface area contributed by atoms with Gasteiger partial charge in [-0.25, -0.2) is 0 Å². The number of rotatable bonds is 2. The van der Waals surface area contributed by atoms with Crippen LogP contribution in [0.15, 0.2) is 29.2 Å². The number of aliphatic hydroxyl groups excluding tert-OH is 1. The Hall–Kier alpha value is -0.670. The Balaban J connectivity index is 2.04. The van der Waals surface area contributed by atoms with Crippen LogP contribution in [0.2, 0.25) is 0 Å². The molecular weight excluding hydrogens is 206 g/mol. The van der Waals surface area contributed by atoms with Crippen molar-refractivity contribution < 1.29 is 5.11 Å². The highest BCUT2D eigenvalue weighted by molar-refractivity contribution is 8.00. The summed E-state index contributed by atoms with van der Waals surface area (Å²) >= 11 is 1.72. The Kier molecular flexibility index (Phi) is 3.54. The lowest BCUT2D eigenvalue weighted by Gasteiger charge is -2.27. The van der Waals surface area contributed by atoms with Gasteiger partial charge in [-0.2, -0.15) is 0 Å². The highest BCUT2D eigenvalue weighted by Crippen LogP contribution is 2.36. The van der Waals surface area contributed by atoms with Crippen molar-refractivity contribution in [2.24, 2.45) is 0 Å². The van der Waals surface area contributed by atoms with Gasteiger partial charge in [0.1, 0.15) is 0 Å². The first kappa shape index (κ1) is 10.8. The molecule has 3 heteroatoms. The zero-order valence-corrected chi connectivity index (χ0v) is 9.54. The zero-order valence-electron chi connectivity index (χ0n) is 8.73. The molecule has 1 saturated carbocycles. The highest BCUT2D eigenvalue weighted by Gasteiger charge is 2.24. The number of nitrogen functional groups attached to an aromatic ring is 1. The molecule has 82 valence electrons. The predicted molar refractivity (Wildman–Crippen MR) is 65.0 cm³/mol. The van der Waals surface area contributed by atoms with E-state index in [0.29, 0.717) is 5.25 Å². The molecule has 0 bridgehead atoms. The first-order valence-corrected chi connectivity index (χ1v) is 6.34.